The van der Waals surface area contributed by atoms with Gasteiger partial charge in [0, 0.05) is 30.9 Å². The Morgan fingerprint density at radius 3 is 2.34 bits per heavy atom. The van der Waals surface area contributed by atoms with Crippen molar-refractivity contribution in [1.82, 2.24) is 15.1 Å². The number of carbonyl (C=O) groups excluding carboxylic acids is 3. The maximum atomic E-state index is 13.8. The molecule has 186 valence electrons. The Morgan fingerprint density at radius 2 is 1.69 bits per heavy atom. The van der Waals surface area contributed by atoms with Crippen LogP contribution in [-0.4, -0.2) is 65.9 Å². The maximum Gasteiger partial charge on any atom is 0.254 e. The van der Waals surface area contributed by atoms with Gasteiger partial charge in [-0.05, 0) is 49.4 Å². The second-order valence-corrected chi connectivity index (χ2v) is 9.86. The minimum absolute atomic E-state index is 0.0101. The molecular weight excluding hydrogens is 440 g/mol. The van der Waals surface area contributed by atoms with Crippen molar-refractivity contribution in [3.63, 3.8) is 0 Å². The molecule has 0 bridgehead atoms. The zero-order valence-corrected chi connectivity index (χ0v) is 21.0. The average Bonchev–Trinajstić information content (AvgIpc) is 3.14. The summed E-state index contributed by atoms with van der Waals surface area (Å²) in [4.78, 5) is 45.3. The molecule has 0 aromatic heterocycles. The lowest BCUT2D eigenvalue weighted by atomic mass is 9.85. The lowest BCUT2D eigenvalue weighted by molar-refractivity contribution is -0.137. The number of piperidine rings is 1. The molecule has 35 heavy (non-hydrogen) atoms. The molecule has 7 nitrogen and oxygen atoms in total. The summed E-state index contributed by atoms with van der Waals surface area (Å²) >= 11 is 0. The van der Waals surface area contributed by atoms with Gasteiger partial charge in [0.1, 0.15) is 12.1 Å². The first-order valence-electron chi connectivity index (χ1n) is 12.6. The highest BCUT2D eigenvalue weighted by molar-refractivity contribution is 5.98. The number of benzene rings is 2. The van der Waals surface area contributed by atoms with Crippen LogP contribution in [0.1, 0.15) is 49.0 Å². The molecule has 0 saturated carbocycles. The van der Waals surface area contributed by atoms with Gasteiger partial charge < -0.3 is 20.0 Å². The van der Waals surface area contributed by atoms with Crippen LogP contribution in [0.25, 0.3) is 0 Å². The summed E-state index contributed by atoms with van der Waals surface area (Å²) in [5.74, 6) is 0.255. The van der Waals surface area contributed by atoms with Crippen molar-refractivity contribution in [2.24, 2.45) is 5.92 Å². The molecule has 2 saturated heterocycles. The molecule has 2 heterocycles. The van der Waals surface area contributed by atoms with Gasteiger partial charge in [0.15, 0.2) is 0 Å². The Hall–Kier alpha value is -3.35. The molecule has 2 aromatic carbocycles. The summed E-state index contributed by atoms with van der Waals surface area (Å²) in [7, 11) is 0. The number of likely N-dealkylation sites (tertiary alicyclic amines) is 1. The largest absolute Gasteiger partial charge is 0.354 e. The number of carbonyl (C=O) groups is 3. The van der Waals surface area contributed by atoms with Crippen LogP contribution >= 0.6 is 0 Å². The van der Waals surface area contributed by atoms with Crippen LogP contribution in [0.5, 0.6) is 0 Å². The summed E-state index contributed by atoms with van der Waals surface area (Å²) in [6.07, 6.45) is 2.05. The highest BCUT2D eigenvalue weighted by Crippen LogP contribution is 2.39. The zero-order chi connectivity index (χ0) is 25.0. The van der Waals surface area contributed by atoms with Crippen LogP contribution in [0, 0.1) is 12.8 Å². The van der Waals surface area contributed by atoms with Crippen LogP contribution in [0.4, 0.5) is 5.69 Å². The van der Waals surface area contributed by atoms with E-state index in [1.807, 2.05) is 66.4 Å². The van der Waals surface area contributed by atoms with Crippen molar-refractivity contribution in [3.8, 4) is 0 Å². The first-order chi connectivity index (χ1) is 16.9. The number of nitrogens with one attached hydrogen (secondary N) is 1. The van der Waals surface area contributed by atoms with E-state index in [2.05, 4.69) is 24.1 Å². The molecule has 2 fully saturated rings. The summed E-state index contributed by atoms with van der Waals surface area (Å²) in [5.41, 5.74) is 1.87. The van der Waals surface area contributed by atoms with E-state index < -0.39 is 5.54 Å². The molecule has 2 aliphatic rings. The molecule has 0 aliphatic carbocycles. The van der Waals surface area contributed by atoms with Crippen LogP contribution in [0.3, 0.4) is 0 Å². The maximum absolute atomic E-state index is 13.8. The van der Waals surface area contributed by atoms with E-state index in [1.54, 1.807) is 4.90 Å². The van der Waals surface area contributed by atoms with E-state index in [9.17, 15) is 14.4 Å². The Balaban J connectivity index is 1.51. The number of anilines is 1. The SMILES string of the molecule is CCC(C)CNC(=O)CN1CN(c2ccccc2)C2(CCN(C(=O)c3ccccc3C)CC2)C1=O. The highest BCUT2D eigenvalue weighted by Gasteiger charge is 2.54. The van der Waals surface area contributed by atoms with Gasteiger partial charge >= 0.3 is 0 Å². The molecule has 1 spiro atoms. The van der Waals surface area contributed by atoms with Gasteiger partial charge in [0.05, 0.1) is 6.67 Å². The quantitative estimate of drug-likeness (QED) is 0.665. The second-order valence-electron chi connectivity index (χ2n) is 9.86. The van der Waals surface area contributed by atoms with Crippen molar-refractivity contribution < 1.29 is 14.4 Å². The van der Waals surface area contributed by atoms with Gasteiger partial charge in [0.2, 0.25) is 5.91 Å². The molecule has 0 radical (unpaired) electrons. The van der Waals surface area contributed by atoms with Gasteiger partial charge in [-0.2, -0.15) is 0 Å². The predicted molar refractivity (Wildman–Crippen MR) is 137 cm³/mol. The van der Waals surface area contributed by atoms with Crippen LogP contribution in [0.15, 0.2) is 54.6 Å². The summed E-state index contributed by atoms with van der Waals surface area (Å²) in [5, 5.41) is 2.97. The molecule has 2 aromatic rings. The third-order valence-corrected chi connectivity index (χ3v) is 7.51. The van der Waals surface area contributed by atoms with E-state index in [-0.39, 0.29) is 24.3 Å². The van der Waals surface area contributed by atoms with Crippen molar-refractivity contribution in [3.05, 3.63) is 65.7 Å². The fourth-order valence-corrected chi connectivity index (χ4v) is 5.05. The molecule has 1 atom stereocenters. The number of para-hydroxylation sites is 1. The molecule has 4 rings (SSSR count). The number of hydrogen-bond acceptors (Lipinski definition) is 4. The summed E-state index contributed by atoms with van der Waals surface area (Å²) in [6.45, 7) is 8.16. The normalized spacial score (nSPS) is 18.1. The van der Waals surface area contributed by atoms with E-state index in [4.69, 9.17) is 0 Å². The fraction of sp³-hybridized carbons (Fsp3) is 0.464. The van der Waals surface area contributed by atoms with Gasteiger partial charge in [-0.15, -0.1) is 0 Å². The van der Waals surface area contributed by atoms with Gasteiger partial charge in [0.25, 0.3) is 11.8 Å². The topological polar surface area (TPSA) is 73.0 Å². The number of amides is 3. The van der Waals surface area contributed by atoms with Gasteiger partial charge in [-0.3, -0.25) is 14.4 Å². The van der Waals surface area contributed by atoms with Crippen molar-refractivity contribution >= 4 is 23.4 Å². The van der Waals surface area contributed by atoms with Crippen molar-refractivity contribution in [1.29, 1.82) is 0 Å². The number of hydrogen-bond donors (Lipinski definition) is 1. The predicted octanol–water partition coefficient (Wildman–Crippen LogP) is 3.44. The number of nitrogens with zero attached hydrogens (tertiary/aromatic N) is 3. The first-order valence-corrected chi connectivity index (χ1v) is 12.6. The molecular formula is C28H36N4O3. The Labute approximate surface area is 208 Å². The standard InChI is InChI=1S/C28H36N4O3/c1-4-21(2)18-29-25(33)19-31-20-32(23-11-6-5-7-12-23)28(27(31)35)14-16-30(17-15-28)26(34)24-13-9-8-10-22(24)3/h5-13,21H,4,14-20H2,1-3H3,(H,29,33). The second kappa shape index (κ2) is 10.5. The molecule has 3 amide bonds. The average molecular weight is 477 g/mol. The third kappa shape index (κ3) is 5.04. The Kier molecular flexibility index (Phi) is 7.43. The smallest absolute Gasteiger partial charge is 0.254 e. The minimum Gasteiger partial charge on any atom is -0.354 e. The Bertz CT molecular complexity index is 1060. The Morgan fingerprint density at radius 1 is 1.03 bits per heavy atom. The molecule has 2 aliphatic heterocycles. The lowest BCUT2D eigenvalue weighted by Gasteiger charge is -2.43. The van der Waals surface area contributed by atoms with Crippen LogP contribution in [0.2, 0.25) is 0 Å². The molecule has 1 unspecified atom stereocenters. The van der Waals surface area contributed by atoms with E-state index in [0.717, 1.165) is 17.7 Å². The summed E-state index contributed by atoms with van der Waals surface area (Å²) < 4.78 is 0. The zero-order valence-electron chi connectivity index (χ0n) is 21.0. The molecule has 7 heteroatoms. The minimum atomic E-state index is -0.749. The fourth-order valence-electron chi connectivity index (χ4n) is 5.05. The van der Waals surface area contributed by atoms with Crippen molar-refractivity contribution in [2.75, 3.05) is 37.7 Å². The number of aryl methyl sites for hydroxylation is 1. The highest BCUT2D eigenvalue weighted by atomic mass is 16.2. The third-order valence-electron chi connectivity index (χ3n) is 7.51. The van der Waals surface area contributed by atoms with E-state index in [0.29, 0.717) is 50.6 Å². The van der Waals surface area contributed by atoms with Gasteiger partial charge in [-0.25, -0.2) is 0 Å². The van der Waals surface area contributed by atoms with E-state index in [1.165, 1.54) is 0 Å². The van der Waals surface area contributed by atoms with Gasteiger partial charge in [-0.1, -0.05) is 56.7 Å². The van der Waals surface area contributed by atoms with E-state index >= 15 is 0 Å². The van der Waals surface area contributed by atoms with Crippen LogP contribution in [-0.2, 0) is 9.59 Å². The van der Waals surface area contributed by atoms with Crippen molar-refractivity contribution in [2.45, 2.75) is 45.6 Å². The number of rotatable bonds is 7. The van der Waals surface area contributed by atoms with Crippen LogP contribution < -0.4 is 10.2 Å². The summed E-state index contributed by atoms with van der Waals surface area (Å²) in [6, 6.07) is 17.5. The lowest BCUT2D eigenvalue weighted by Crippen LogP contribution is -2.57. The monoisotopic (exact) mass is 476 g/mol. The molecule has 1 N–H and O–H groups in total. The first kappa shape index (κ1) is 24.8.